The Morgan fingerprint density at radius 1 is 1.57 bits per heavy atom. The highest BCUT2D eigenvalue weighted by atomic mass is 32.2. The molecule has 7 nitrogen and oxygen atoms in total. The Kier molecular flexibility index (Phi) is 6.48. The lowest BCUT2D eigenvalue weighted by atomic mass is 9.90. The van der Waals surface area contributed by atoms with E-state index in [-0.39, 0.29) is 29.7 Å². The van der Waals surface area contributed by atoms with Crippen LogP contribution >= 0.6 is 23.1 Å². The summed E-state index contributed by atoms with van der Waals surface area (Å²) in [6.07, 6.45) is 3.17. The van der Waals surface area contributed by atoms with Gasteiger partial charge in [-0.05, 0) is 25.0 Å². The van der Waals surface area contributed by atoms with Crippen molar-refractivity contribution in [3.63, 3.8) is 0 Å². The van der Waals surface area contributed by atoms with Crippen LogP contribution in [0.15, 0.2) is 50.8 Å². The highest BCUT2D eigenvalue weighted by molar-refractivity contribution is 7.99. The first-order chi connectivity index (χ1) is 14.3. The first kappa shape index (κ1) is 21.9. The molecule has 1 unspecified atom stereocenters. The zero-order chi connectivity index (χ0) is 21.9. The van der Waals surface area contributed by atoms with Crippen molar-refractivity contribution in [1.29, 1.82) is 5.26 Å². The van der Waals surface area contributed by atoms with Crippen LogP contribution in [0.2, 0.25) is 0 Å². The summed E-state index contributed by atoms with van der Waals surface area (Å²) in [6.45, 7) is 9.44. The van der Waals surface area contributed by atoms with E-state index >= 15 is 0 Å². The molecule has 156 valence electrons. The zero-order valence-electron chi connectivity index (χ0n) is 17.0. The summed E-state index contributed by atoms with van der Waals surface area (Å²) in [5.74, 6) is 0.306. The van der Waals surface area contributed by atoms with E-state index in [2.05, 4.69) is 22.9 Å². The minimum absolute atomic E-state index is 0.0372. The van der Waals surface area contributed by atoms with Gasteiger partial charge in [-0.25, -0.2) is 4.98 Å². The van der Waals surface area contributed by atoms with E-state index < -0.39 is 5.54 Å². The number of thioether (sulfide) groups is 1. The third-order valence-corrected chi connectivity index (χ3v) is 6.72. The van der Waals surface area contributed by atoms with Crippen molar-refractivity contribution in [3.05, 3.63) is 46.8 Å². The Labute approximate surface area is 182 Å². The second-order valence-electron chi connectivity index (χ2n) is 7.21. The number of hydrogen-bond acceptors (Lipinski definition) is 7. The number of nitriles is 1. The molecule has 0 aliphatic heterocycles. The van der Waals surface area contributed by atoms with E-state index in [4.69, 9.17) is 4.42 Å². The molecule has 3 aromatic rings. The minimum atomic E-state index is -0.957. The molecule has 1 N–H and O–H groups in total. The van der Waals surface area contributed by atoms with E-state index in [9.17, 15) is 14.9 Å². The third-order valence-electron chi connectivity index (χ3n) is 4.88. The summed E-state index contributed by atoms with van der Waals surface area (Å²) in [6, 6.07) is 5.72. The van der Waals surface area contributed by atoms with Crippen LogP contribution in [-0.2, 0) is 11.3 Å². The molecule has 3 aromatic heterocycles. The average Bonchev–Trinajstić information content (AvgIpc) is 3.38. The molecule has 0 saturated carbocycles. The fraction of sp³-hybridized carbons (Fsp3) is 0.333. The maximum Gasteiger partial charge on any atom is 0.263 e. The molecule has 0 aliphatic rings. The quantitative estimate of drug-likeness (QED) is 0.321. The maximum absolute atomic E-state index is 13.2. The Bertz CT molecular complexity index is 1170. The molecule has 1 amide bonds. The van der Waals surface area contributed by atoms with Crippen LogP contribution in [0.1, 0.15) is 20.8 Å². The number of furan rings is 1. The van der Waals surface area contributed by atoms with Crippen molar-refractivity contribution in [2.75, 3.05) is 5.75 Å². The lowest BCUT2D eigenvalue weighted by molar-refractivity contribution is -0.120. The lowest BCUT2D eigenvalue weighted by Gasteiger charge is -2.27. The molecule has 9 heteroatoms. The number of allylic oxidation sites excluding steroid dienone is 1. The number of nitrogens with one attached hydrogen (secondary N) is 1. The Morgan fingerprint density at radius 2 is 2.33 bits per heavy atom. The van der Waals surface area contributed by atoms with Crippen molar-refractivity contribution < 1.29 is 9.21 Å². The van der Waals surface area contributed by atoms with Crippen LogP contribution in [0.5, 0.6) is 0 Å². The summed E-state index contributed by atoms with van der Waals surface area (Å²) in [5, 5.41) is 14.9. The Hall–Kier alpha value is -2.83. The third kappa shape index (κ3) is 4.20. The topological polar surface area (TPSA) is 101 Å². The summed E-state index contributed by atoms with van der Waals surface area (Å²) in [5.41, 5.74) is -0.465. The average molecular weight is 443 g/mol. The molecule has 3 heterocycles. The highest BCUT2D eigenvalue weighted by Crippen LogP contribution is 2.32. The molecule has 3 rings (SSSR count). The highest BCUT2D eigenvalue weighted by Gasteiger charge is 2.30. The number of nitrogens with zero attached hydrogens (tertiary/aromatic N) is 3. The van der Waals surface area contributed by atoms with Gasteiger partial charge < -0.3 is 9.73 Å². The van der Waals surface area contributed by atoms with Crippen LogP contribution in [0.4, 0.5) is 0 Å². The fourth-order valence-electron chi connectivity index (χ4n) is 2.78. The van der Waals surface area contributed by atoms with Crippen molar-refractivity contribution in [3.8, 4) is 17.4 Å². The van der Waals surface area contributed by atoms with E-state index in [0.717, 1.165) is 11.8 Å². The molecule has 1 atom stereocenters. The molecule has 0 radical (unpaired) electrons. The van der Waals surface area contributed by atoms with Crippen LogP contribution in [0.25, 0.3) is 21.5 Å². The number of aromatic nitrogens is 2. The van der Waals surface area contributed by atoms with Crippen LogP contribution in [0.3, 0.4) is 0 Å². The Balaban J connectivity index is 1.92. The smallest absolute Gasteiger partial charge is 0.263 e. The summed E-state index contributed by atoms with van der Waals surface area (Å²) >= 11 is 2.51. The number of thiophene rings is 1. The Morgan fingerprint density at radius 3 is 2.93 bits per heavy atom. The second kappa shape index (κ2) is 8.90. The first-order valence-electron chi connectivity index (χ1n) is 9.32. The van der Waals surface area contributed by atoms with Crippen LogP contribution < -0.4 is 10.9 Å². The van der Waals surface area contributed by atoms with Crippen LogP contribution in [0, 0.1) is 17.2 Å². The molecule has 0 fully saturated rings. The molecule has 0 spiro atoms. The zero-order valence-corrected chi connectivity index (χ0v) is 18.6. The fourth-order valence-corrected chi connectivity index (χ4v) is 4.55. The molecule has 0 aromatic carbocycles. The van der Waals surface area contributed by atoms with Gasteiger partial charge >= 0.3 is 0 Å². The van der Waals surface area contributed by atoms with Gasteiger partial charge in [0.1, 0.15) is 16.1 Å². The molecule has 0 bridgehead atoms. The summed E-state index contributed by atoms with van der Waals surface area (Å²) in [4.78, 5) is 30.9. The number of carbonyl (C=O) groups excluding carboxylic acids is 1. The predicted molar refractivity (Wildman–Crippen MR) is 120 cm³/mol. The largest absolute Gasteiger partial charge is 0.464 e. The number of amides is 1. The SMILES string of the molecule is C=CCn1c(SCC(=O)NC(C)(C#N)C(C)C)nc2scc(-c3ccco3)c2c1=O. The minimum Gasteiger partial charge on any atom is -0.464 e. The van der Waals surface area contributed by atoms with Crippen molar-refractivity contribution in [2.45, 2.75) is 38.0 Å². The van der Waals surface area contributed by atoms with E-state index in [1.807, 2.05) is 19.2 Å². The standard InChI is InChI=1S/C21H22N4O3S2/c1-5-8-25-19(27)17-14(15-7-6-9-28-15)10-29-18(17)23-20(25)30-11-16(26)24-21(4,12-22)13(2)3/h5-7,9-10,13H,1,8,11H2,2-4H3,(H,24,26). The van der Waals surface area contributed by atoms with Gasteiger partial charge in [0.15, 0.2) is 5.16 Å². The van der Waals surface area contributed by atoms with Gasteiger partial charge in [0.25, 0.3) is 5.56 Å². The molecular weight excluding hydrogens is 420 g/mol. The van der Waals surface area contributed by atoms with Crippen molar-refractivity contribution >= 4 is 39.2 Å². The predicted octanol–water partition coefficient (Wildman–Crippen LogP) is 4.05. The molecule has 0 aliphatic carbocycles. The van der Waals surface area contributed by atoms with Gasteiger partial charge in [-0.2, -0.15) is 5.26 Å². The number of rotatable bonds is 8. The summed E-state index contributed by atoms with van der Waals surface area (Å²) in [7, 11) is 0. The molecular formula is C21H22N4O3S2. The van der Waals surface area contributed by atoms with Crippen molar-refractivity contribution in [2.24, 2.45) is 5.92 Å². The molecule has 30 heavy (non-hydrogen) atoms. The number of carbonyl (C=O) groups is 1. The number of hydrogen-bond donors (Lipinski definition) is 1. The monoisotopic (exact) mass is 442 g/mol. The van der Waals surface area contributed by atoms with Gasteiger partial charge in [-0.15, -0.1) is 17.9 Å². The number of fused-ring (bicyclic) bond motifs is 1. The van der Waals surface area contributed by atoms with E-state index in [1.165, 1.54) is 15.9 Å². The van der Waals surface area contributed by atoms with Gasteiger partial charge in [-0.3, -0.25) is 14.2 Å². The second-order valence-corrected chi connectivity index (χ2v) is 9.01. The van der Waals surface area contributed by atoms with Gasteiger partial charge in [-0.1, -0.05) is 31.7 Å². The van der Waals surface area contributed by atoms with E-state index in [1.54, 1.807) is 31.4 Å². The summed E-state index contributed by atoms with van der Waals surface area (Å²) < 4.78 is 6.95. The first-order valence-corrected chi connectivity index (χ1v) is 11.2. The normalized spacial score (nSPS) is 13.2. The molecule has 0 saturated heterocycles. The maximum atomic E-state index is 13.2. The van der Waals surface area contributed by atoms with Gasteiger partial charge in [0.05, 0.1) is 23.5 Å². The van der Waals surface area contributed by atoms with Gasteiger partial charge in [0.2, 0.25) is 5.91 Å². The van der Waals surface area contributed by atoms with E-state index in [0.29, 0.717) is 26.7 Å². The van der Waals surface area contributed by atoms with Crippen molar-refractivity contribution in [1.82, 2.24) is 14.9 Å². The van der Waals surface area contributed by atoms with Gasteiger partial charge in [0, 0.05) is 17.5 Å². The van der Waals surface area contributed by atoms with Crippen LogP contribution in [-0.4, -0.2) is 26.8 Å². The lowest BCUT2D eigenvalue weighted by Crippen LogP contribution is -2.49.